The topological polar surface area (TPSA) is 45.9 Å². The van der Waals surface area contributed by atoms with Crippen LogP contribution in [0.15, 0.2) is 24.3 Å². The normalized spacial score (nSPS) is 10.2. The van der Waals surface area contributed by atoms with E-state index in [2.05, 4.69) is 18.0 Å². The van der Waals surface area contributed by atoms with E-state index in [0.717, 1.165) is 35.2 Å². The minimum absolute atomic E-state index is 0.626. The Labute approximate surface area is 101 Å². The molecule has 1 aromatic heterocycles. The Hall–Kier alpha value is -2.08. The lowest BCUT2D eigenvalue weighted by molar-refractivity contribution is 0.419. The molecule has 0 saturated heterocycles. The number of pyridine rings is 1. The number of nitriles is 1. The van der Waals surface area contributed by atoms with E-state index in [1.165, 1.54) is 0 Å². The first-order valence-corrected chi connectivity index (χ1v) is 5.66. The highest BCUT2D eigenvalue weighted by Crippen LogP contribution is 2.26. The van der Waals surface area contributed by atoms with Crippen LogP contribution >= 0.6 is 0 Å². The second-order valence-corrected chi connectivity index (χ2v) is 3.91. The molecule has 0 N–H and O–H groups in total. The van der Waals surface area contributed by atoms with Gasteiger partial charge in [0.05, 0.1) is 24.3 Å². The van der Waals surface area contributed by atoms with Gasteiger partial charge in [-0.25, -0.2) is 0 Å². The Morgan fingerprint density at radius 3 is 2.82 bits per heavy atom. The second-order valence-electron chi connectivity index (χ2n) is 3.91. The summed E-state index contributed by atoms with van der Waals surface area (Å²) in [6.45, 7) is 2.12. The van der Waals surface area contributed by atoms with Gasteiger partial charge >= 0.3 is 0 Å². The Kier molecular flexibility index (Phi) is 3.24. The van der Waals surface area contributed by atoms with Gasteiger partial charge in [0.15, 0.2) is 0 Å². The molecule has 0 aliphatic carbocycles. The minimum atomic E-state index is 0.626. The Balaban J connectivity index is 2.65. The third-order valence-corrected chi connectivity index (χ3v) is 2.68. The number of hydrogen-bond acceptors (Lipinski definition) is 3. The average Bonchev–Trinajstić information content (AvgIpc) is 2.37. The fourth-order valence-corrected chi connectivity index (χ4v) is 1.87. The van der Waals surface area contributed by atoms with Gasteiger partial charge in [-0.05, 0) is 24.6 Å². The highest BCUT2D eigenvalue weighted by atomic mass is 16.5. The minimum Gasteiger partial charge on any atom is -0.496 e. The first-order valence-electron chi connectivity index (χ1n) is 5.66. The quantitative estimate of drug-likeness (QED) is 0.808. The first-order chi connectivity index (χ1) is 8.28. The summed E-state index contributed by atoms with van der Waals surface area (Å²) in [5, 5.41) is 9.78. The molecule has 0 amide bonds. The molecule has 0 aliphatic rings. The van der Waals surface area contributed by atoms with Crippen molar-refractivity contribution < 1.29 is 4.74 Å². The van der Waals surface area contributed by atoms with Crippen molar-refractivity contribution in [3.8, 4) is 11.8 Å². The molecule has 2 rings (SSSR count). The molecule has 3 nitrogen and oxygen atoms in total. The lowest BCUT2D eigenvalue weighted by Gasteiger charge is -2.08. The van der Waals surface area contributed by atoms with Gasteiger partial charge in [0.1, 0.15) is 5.75 Å². The predicted octanol–water partition coefficient (Wildman–Crippen LogP) is 3.07. The van der Waals surface area contributed by atoms with Crippen molar-refractivity contribution in [1.82, 2.24) is 4.98 Å². The average molecular weight is 226 g/mol. The summed E-state index contributed by atoms with van der Waals surface area (Å²) in [4.78, 5) is 4.56. The number of aryl methyl sites for hydroxylation is 1. The second kappa shape index (κ2) is 4.84. The molecule has 1 aromatic carbocycles. The molecule has 0 fully saturated rings. The molecule has 0 unspecified atom stereocenters. The Morgan fingerprint density at radius 1 is 1.35 bits per heavy atom. The Morgan fingerprint density at radius 2 is 2.18 bits per heavy atom. The lowest BCUT2D eigenvalue weighted by Crippen LogP contribution is -1.94. The fourth-order valence-electron chi connectivity index (χ4n) is 1.87. The Bertz CT molecular complexity index is 585. The summed E-state index contributed by atoms with van der Waals surface area (Å²) in [5.41, 5.74) is 2.54. The molecular formula is C14H14N2O. The third-order valence-electron chi connectivity index (χ3n) is 2.68. The molecule has 3 heteroatoms. The molecule has 86 valence electrons. The molecule has 2 aromatic rings. The molecule has 17 heavy (non-hydrogen) atoms. The van der Waals surface area contributed by atoms with E-state index in [-0.39, 0.29) is 0 Å². The van der Waals surface area contributed by atoms with Gasteiger partial charge in [0, 0.05) is 17.1 Å². The van der Waals surface area contributed by atoms with Crippen molar-refractivity contribution in [3.63, 3.8) is 0 Å². The van der Waals surface area contributed by atoms with Gasteiger partial charge in [0.25, 0.3) is 0 Å². The first kappa shape index (κ1) is 11.4. The van der Waals surface area contributed by atoms with Crippen LogP contribution in [0.2, 0.25) is 0 Å². The van der Waals surface area contributed by atoms with Gasteiger partial charge in [0.2, 0.25) is 0 Å². The number of fused-ring (bicyclic) bond motifs is 1. The zero-order valence-corrected chi connectivity index (χ0v) is 10.0. The molecule has 0 atom stereocenters. The number of benzene rings is 1. The maximum atomic E-state index is 8.89. The molecule has 0 spiro atoms. The third kappa shape index (κ3) is 2.21. The van der Waals surface area contributed by atoms with Crippen LogP contribution in [0.1, 0.15) is 24.6 Å². The summed E-state index contributed by atoms with van der Waals surface area (Å²) in [6, 6.07) is 9.55. The van der Waals surface area contributed by atoms with Gasteiger partial charge in [-0.2, -0.15) is 5.26 Å². The fraction of sp³-hybridized carbons (Fsp3) is 0.286. The van der Waals surface area contributed by atoms with Crippen LogP contribution in [0.25, 0.3) is 10.9 Å². The van der Waals surface area contributed by atoms with Gasteiger partial charge in [-0.1, -0.05) is 13.3 Å². The van der Waals surface area contributed by atoms with E-state index in [1.54, 1.807) is 13.2 Å². The van der Waals surface area contributed by atoms with Crippen molar-refractivity contribution >= 4 is 10.9 Å². The largest absolute Gasteiger partial charge is 0.496 e. The van der Waals surface area contributed by atoms with E-state index >= 15 is 0 Å². The van der Waals surface area contributed by atoms with Crippen LogP contribution in [0.5, 0.6) is 5.75 Å². The molecule has 0 saturated carbocycles. The van der Waals surface area contributed by atoms with E-state index < -0.39 is 0 Å². The number of ether oxygens (including phenoxy) is 1. The molecular weight excluding hydrogens is 212 g/mol. The van der Waals surface area contributed by atoms with Crippen LogP contribution < -0.4 is 4.74 Å². The maximum absolute atomic E-state index is 8.89. The smallest absolute Gasteiger partial charge is 0.130 e. The van der Waals surface area contributed by atoms with Crippen molar-refractivity contribution in [2.45, 2.75) is 19.8 Å². The van der Waals surface area contributed by atoms with Crippen molar-refractivity contribution in [2.75, 3.05) is 7.11 Å². The number of aromatic nitrogens is 1. The van der Waals surface area contributed by atoms with Gasteiger partial charge < -0.3 is 4.74 Å². The predicted molar refractivity (Wildman–Crippen MR) is 67.0 cm³/mol. The van der Waals surface area contributed by atoms with E-state index in [9.17, 15) is 0 Å². The van der Waals surface area contributed by atoms with Crippen molar-refractivity contribution in [1.29, 1.82) is 5.26 Å². The number of rotatable bonds is 3. The zero-order chi connectivity index (χ0) is 12.3. The molecule has 0 aliphatic heterocycles. The SMILES string of the molecule is CCCc1cc(OC)c2cc(C#N)ccc2n1. The van der Waals surface area contributed by atoms with E-state index in [1.807, 2.05) is 18.2 Å². The van der Waals surface area contributed by atoms with Crippen LogP contribution in [0.3, 0.4) is 0 Å². The van der Waals surface area contributed by atoms with Crippen molar-refractivity contribution in [2.24, 2.45) is 0 Å². The number of nitrogens with zero attached hydrogens (tertiary/aromatic N) is 2. The summed E-state index contributed by atoms with van der Waals surface area (Å²) in [6.07, 6.45) is 1.99. The summed E-state index contributed by atoms with van der Waals surface area (Å²) in [5.74, 6) is 0.788. The lowest BCUT2D eigenvalue weighted by atomic mass is 10.1. The highest BCUT2D eigenvalue weighted by Gasteiger charge is 2.06. The molecule has 0 radical (unpaired) electrons. The standard InChI is InChI=1S/C14H14N2O/c1-3-4-11-8-14(17-2)12-7-10(9-15)5-6-13(12)16-11/h5-8H,3-4H2,1-2H3. The molecule has 1 heterocycles. The highest BCUT2D eigenvalue weighted by molar-refractivity contribution is 5.86. The van der Waals surface area contributed by atoms with E-state index in [0.29, 0.717) is 5.56 Å². The summed E-state index contributed by atoms with van der Waals surface area (Å²) >= 11 is 0. The van der Waals surface area contributed by atoms with Crippen molar-refractivity contribution in [3.05, 3.63) is 35.5 Å². The number of methoxy groups -OCH3 is 1. The van der Waals surface area contributed by atoms with Gasteiger partial charge in [-0.15, -0.1) is 0 Å². The maximum Gasteiger partial charge on any atom is 0.130 e. The van der Waals surface area contributed by atoms with Crippen LogP contribution in [0, 0.1) is 11.3 Å². The monoisotopic (exact) mass is 226 g/mol. The van der Waals surface area contributed by atoms with Crippen LogP contribution in [-0.2, 0) is 6.42 Å². The molecule has 0 bridgehead atoms. The van der Waals surface area contributed by atoms with Crippen LogP contribution in [-0.4, -0.2) is 12.1 Å². The summed E-state index contributed by atoms with van der Waals surface area (Å²) < 4.78 is 5.36. The number of hydrogen-bond donors (Lipinski definition) is 0. The van der Waals surface area contributed by atoms with Crippen LogP contribution in [0.4, 0.5) is 0 Å². The van der Waals surface area contributed by atoms with Gasteiger partial charge in [-0.3, -0.25) is 4.98 Å². The zero-order valence-electron chi connectivity index (χ0n) is 10.0. The van der Waals surface area contributed by atoms with E-state index in [4.69, 9.17) is 10.00 Å². The summed E-state index contributed by atoms with van der Waals surface area (Å²) in [7, 11) is 1.64.